The normalized spacial score (nSPS) is 21.0. The Bertz CT molecular complexity index is 3450. The topological polar surface area (TPSA) is 0 Å². The Morgan fingerprint density at radius 1 is 0.463 bits per heavy atom. The molecule has 328 valence electrons. The number of fused-ring (bicyclic) bond motifs is 6. The smallest absolute Gasteiger partial charge is 0.135 e. The van der Waals surface area contributed by atoms with E-state index in [0.717, 1.165) is 11.8 Å². The Morgan fingerprint density at radius 2 is 0.925 bits per heavy atom. The summed E-state index contributed by atoms with van der Waals surface area (Å²) < 4.78 is 2.72. The number of benzene rings is 8. The van der Waals surface area contributed by atoms with Gasteiger partial charge in [0.25, 0.3) is 0 Å². The van der Waals surface area contributed by atoms with Crippen molar-refractivity contribution in [2.24, 2.45) is 11.8 Å². The number of rotatable bonds is 7. The first kappa shape index (κ1) is 41.5. The van der Waals surface area contributed by atoms with Crippen molar-refractivity contribution in [3.8, 4) is 16.4 Å². The van der Waals surface area contributed by atoms with Crippen molar-refractivity contribution in [2.75, 3.05) is 0 Å². The molecule has 10 aromatic rings. The van der Waals surface area contributed by atoms with Crippen LogP contribution in [0.4, 0.5) is 0 Å². The van der Waals surface area contributed by atoms with Gasteiger partial charge in [-0.15, -0.1) is 11.3 Å². The van der Waals surface area contributed by atoms with Gasteiger partial charge in [0.1, 0.15) is 0 Å². The summed E-state index contributed by atoms with van der Waals surface area (Å²) in [6.45, 7) is 13.9. The van der Waals surface area contributed by atoms with Crippen LogP contribution in [-0.4, -0.2) is 6.71 Å². The highest BCUT2D eigenvalue weighted by Gasteiger charge is 2.58. The molecule has 14 rings (SSSR count). The second-order valence-corrected chi connectivity index (χ2v) is 24.9. The molecule has 67 heavy (non-hydrogen) atoms. The highest BCUT2D eigenvalue weighted by atomic mass is 32.1. The van der Waals surface area contributed by atoms with Gasteiger partial charge in [0, 0.05) is 25.0 Å². The molecule has 0 spiro atoms. The van der Waals surface area contributed by atoms with Crippen LogP contribution in [-0.2, 0) is 10.8 Å². The predicted molar refractivity (Wildman–Crippen MR) is 294 cm³/mol. The summed E-state index contributed by atoms with van der Waals surface area (Å²) in [7, 11) is -0.531. The third kappa shape index (κ3) is 6.61. The van der Waals surface area contributed by atoms with Gasteiger partial charge in [0.05, 0.1) is 0 Å². The zero-order chi connectivity index (χ0) is 45.3. The summed E-state index contributed by atoms with van der Waals surface area (Å²) in [4.78, 5) is 0. The molecule has 0 saturated heterocycles. The lowest BCUT2D eigenvalue weighted by Crippen LogP contribution is -2.55. The van der Waals surface area contributed by atoms with Crippen LogP contribution in [0, 0.1) is 53.4 Å². The van der Waals surface area contributed by atoms with Crippen LogP contribution < -0.4 is 16.4 Å². The highest BCUT2D eigenvalue weighted by Crippen LogP contribution is 2.66. The summed E-state index contributed by atoms with van der Waals surface area (Å²) in [5.41, 5.74) is 18.8. The molecule has 8 aromatic carbocycles. The highest BCUT2D eigenvalue weighted by molar-refractivity contribution is 7.67. The van der Waals surface area contributed by atoms with E-state index in [1.807, 2.05) is 11.3 Å². The first-order valence-electron chi connectivity index (χ1n) is 24.8. The quantitative estimate of drug-likeness (QED) is 0.140. The lowest BCUT2D eigenvalue weighted by Gasteiger charge is -2.63. The van der Waals surface area contributed by atoms with E-state index >= 15 is 0 Å². The molecule has 2 aromatic heterocycles. The maximum absolute atomic E-state index is 2.56. The zero-order valence-electron chi connectivity index (χ0n) is 39.8. The maximum atomic E-state index is 2.56. The average Bonchev–Trinajstić information content (AvgIpc) is 3.85. The van der Waals surface area contributed by atoms with E-state index in [9.17, 15) is 0 Å². The molecule has 4 fully saturated rings. The second kappa shape index (κ2) is 15.4. The van der Waals surface area contributed by atoms with Gasteiger partial charge >= 0.3 is 0 Å². The van der Waals surface area contributed by atoms with Gasteiger partial charge in [-0.3, -0.25) is 0 Å². The Morgan fingerprint density at radius 3 is 1.46 bits per heavy atom. The molecule has 4 saturated carbocycles. The molecular formula is C64H58BPS. The molecule has 0 nitrogen and oxygen atoms in total. The van der Waals surface area contributed by atoms with Gasteiger partial charge in [-0.2, -0.15) is 0 Å². The number of thiophene rings is 1. The zero-order valence-corrected chi connectivity index (χ0v) is 41.6. The molecule has 4 aliphatic carbocycles. The Balaban J connectivity index is 0.834. The van der Waals surface area contributed by atoms with Gasteiger partial charge in [-0.25, -0.2) is 0 Å². The van der Waals surface area contributed by atoms with Crippen LogP contribution in [0.1, 0.15) is 83.0 Å². The molecule has 4 aliphatic rings. The molecule has 0 N–H and O–H groups in total. The summed E-state index contributed by atoms with van der Waals surface area (Å²) in [6.07, 6.45) is 8.11. The third-order valence-corrected chi connectivity index (χ3v) is 20.8. The Hall–Kier alpha value is -5.66. The molecule has 4 bridgehead atoms. The first-order valence-corrected chi connectivity index (χ1v) is 27.0. The Kier molecular flexibility index (Phi) is 9.57. The fourth-order valence-corrected chi connectivity index (χ4v) is 18.7. The summed E-state index contributed by atoms with van der Waals surface area (Å²) in [5.74, 6) is 1.63. The van der Waals surface area contributed by atoms with Gasteiger partial charge in [0.2, 0.25) is 6.71 Å². The number of aryl methyl sites for hydroxylation is 6. The summed E-state index contributed by atoms with van der Waals surface area (Å²) in [5, 5.41) is 10.1. The van der Waals surface area contributed by atoms with Crippen molar-refractivity contribution >= 4 is 83.2 Å². The minimum absolute atomic E-state index is 0.161. The monoisotopic (exact) mass is 900 g/mol. The van der Waals surface area contributed by atoms with E-state index in [-0.39, 0.29) is 17.5 Å². The van der Waals surface area contributed by atoms with Crippen molar-refractivity contribution in [2.45, 2.75) is 90.9 Å². The number of hydrogen-bond acceptors (Lipinski definition) is 1. The lowest BCUT2D eigenvalue weighted by molar-refractivity contribution is -0.0281. The molecule has 2 heterocycles. The summed E-state index contributed by atoms with van der Waals surface area (Å²) >= 11 is 1.93. The van der Waals surface area contributed by atoms with Crippen molar-refractivity contribution in [1.29, 1.82) is 0 Å². The maximum Gasteiger partial charge on any atom is 0.242 e. The van der Waals surface area contributed by atoms with E-state index in [2.05, 4.69) is 199 Å². The largest absolute Gasteiger partial charge is 0.242 e. The first-order chi connectivity index (χ1) is 32.5. The minimum Gasteiger partial charge on any atom is -0.135 e. The third-order valence-electron chi connectivity index (χ3n) is 17.1. The average molecular weight is 901 g/mol. The van der Waals surface area contributed by atoms with E-state index in [1.165, 1.54) is 146 Å². The lowest BCUT2D eigenvalue weighted by atomic mass is 9.34. The van der Waals surface area contributed by atoms with Gasteiger partial charge < -0.3 is 0 Å². The van der Waals surface area contributed by atoms with Gasteiger partial charge in [-0.05, 0) is 165 Å². The minimum atomic E-state index is -0.531. The van der Waals surface area contributed by atoms with Crippen molar-refractivity contribution in [3.05, 3.63) is 202 Å². The van der Waals surface area contributed by atoms with Crippen molar-refractivity contribution < 1.29 is 0 Å². The molecule has 0 radical (unpaired) electrons. The Labute approximate surface area is 402 Å². The van der Waals surface area contributed by atoms with Crippen molar-refractivity contribution in [3.63, 3.8) is 0 Å². The summed E-state index contributed by atoms with van der Waals surface area (Å²) in [6, 6.07) is 62.5. The van der Waals surface area contributed by atoms with Crippen LogP contribution in [0.5, 0.6) is 0 Å². The van der Waals surface area contributed by atoms with Crippen LogP contribution in [0.25, 0.3) is 57.6 Å². The SMILES string of the molecule is Cc1cc(C)c(B(c2ccc3sc4ccc(-c5ccc(C67CC8CC(C6)CC(c6ccc(-p9c%10ccccc%10c%10ccccc%109)cc6)(C8)C7)cc5)cc4c3c2)c2c(C)cc(C)cc2C)c(C)c1. The van der Waals surface area contributed by atoms with Crippen LogP contribution >= 0.6 is 18.9 Å². The van der Waals surface area contributed by atoms with E-state index < -0.39 is 7.53 Å². The van der Waals surface area contributed by atoms with Gasteiger partial charge in [-0.1, -0.05) is 197 Å². The molecule has 3 heteroatoms. The van der Waals surface area contributed by atoms with Crippen LogP contribution in [0.2, 0.25) is 0 Å². The van der Waals surface area contributed by atoms with E-state index in [0.29, 0.717) is 0 Å². The fourth-order valence-electron chi connectivity index (χ4n) is 15.0. The molecule has 0 amide bonds. The van der Waals surface area contributed by atoms with Crippen LogP contribution in [0.15, 0.2) is 158 Å². The van der Waals surface area contributed by atoms with E-state index in [1.54, 1.807) is 11.1 Å². The van der Waals surface area contributed by atoms with Crippen LogP contribution in [0.3, 0.4) is 0 Å². The fraction of sp³-hybridized carbons (Fsp3) is 0.250. The molecule has 0 aliphatic heterocycles. The number of hydrogen-bond donors (Lipinski definition) is 0. The predicted octanol–water partition coefficient (Wildman–Crippen LogP) is 16.2. The van der Waals surface area contributed by atoms with Crippen molar-refractivity contribution in [1.82, 2.24) is 0 Å². The molecule has 2 unspecified atom stereocenters. The van der Waals surface area contributed by atoms with E-state index in [4.69, 9.17) is 0 Å². The molecule has 2 atom stereocenters. The van der Waals surface area contributed by atoms with Gasteiger partial charge in [0.15, 0.2) is 0 Å². The standard InChI is InChI=1S/C64H58BPS/c1-39-27-41(3)61(42(4)28-39)65(62-43(5)29-40(2)30-44(62)6)51-22-26-60-56(33-51)55-32-48(17-25-59(55)67-60)47-15-18-49(19-16-47)63-34-45-31-46(35-63)37-64(36-45,38-63)50-20-23-52(24-21-50)66-57-13-9-7-11-53(57)54-12-8-10-14-58(54)66/h7-30,32-33,45-46H,31,34-38H2,1-6H3. The second-order valence-electron chi connectivity index (χ2n) is 21.6. The molecular weight excluding hydrogens is 843 g/mol.